The number of thioether (sulfide) groups is 1. The lowest BCUT2D eigenvalue weighted by atomic mass is 9.98. The van der Waals surface area contributed by atoms with Gasteiger partial charge in [-0.3, -0.25) is 4.79 Å². The molecule has 3 atom stereocenters. The molecule has 0 bridgehead atoms. The zero-order valence-corrected chi connectivity index (χ0v) is 22.9. The third-order valence-corrected chi connectivity index (χ3v) is 8.02. The van der Waals surface area contributed by atoms with Crippen LogP contribution in [0.25, 0.3) is 11.1 Å². The molecule has 2 heterocycles. The van der Waals surface area contributed by atoms with Gasteiger partial charge in [0.15, 0.2) is 11.4 Å². The molecule has 5 rings (SSSR count). The predicted molar refractivity (Wildman–Crippen MR) is 152 cm³/mol. The molecule has 2 N–H and O–H groups in total. The molecule has 0 radical (unpaired) electrons. The van der Waals surface area contributed by atoms with E-state index >= 15 is 0 Å². The van der Waals surface area contributed by atoms with Gasteiger partial charge < -0.3 is 24.5 Å². The van der Waals surface area contributed by atoms with Crippen LogP contribution in [0.1, 0.15) is 48.0 Å². The third kappa shape index (κ3) is 6.78. The number of carbonyl (C=O) groups excluding carboxylic acids is 1. The summed E-state index contributed by atoms with van der Waals surface area (Å²) in [6, 6.07) is 24.3. The van der Waals surface area contributed by atoms with Crippen molar-refractivity contribution in [3.63, 3.8) is 0 Å². The Labute approximate surface area is 233 Å². The Morgan fingerprint density at radius 1 is 1.05 bits per heavy atom. The van der Waals surface area contributed by atoms with Gasteiger partial charge in [-0.05, 0) is 27.8 Å². The molecule has 7 nitrogen and oxygen atoms in total. The monoisotopic (exact) mass is 543 g/mol. The zero-order valence-electron chi connectivity index (χ0n) is 22.1. The first-order chi connectivity index (χ1) is 19.0. The third-order valence-electron chi connectivity index (χ3n) is 6.83. The number of amides is 1. The van der Waals surface area contributed by atoms with Gasteiger partial charge in [0.1, 0.15) is 0 Å². The van der Waals surface area contributed by atoms with E-state index in [9.17, 15) is 9.90 Å². The fourth-order valence-corrected chi connectivity index (χ4v) is 5.63. The van der Waals surface area contributed by atoms with Gasteiger partial charge in [-0.2, -0.15) is 0 Å². The number of hydrogen-bond donors (Lipinski definition) is 2. The van der Waals surface area contributed by atoms with Crippen molar-refractivity contribution in [2.45, 2.75) is 50.2 Å². The Bertz CT molecular complexity index is 1390. The van der Waals surface area contributed by atoms with Crippen molar-refractivity contribution < 1.29 is 19.4 Å². The summed E-state index contributed by atoms with van der Waals surface area (Å²) in [6.07, 6.45) is 3.78. The molecule has 4 aromatic rings. The fourth-order valence-electron chi connectivity index (χ4n) is 4.68. The van der Waals surface area contributed by atoms with Crippen LogP contribution in [0.3, 0.4) is 0 Å². The molecule has 1 aromatic heterocycles. The molecular formula is C31H33N3O4S. The minimum absolute atomic E-state index is 0.0146. The second-order valence-electron chi connectivity index (χ2n) is 9.67. The fraction of sp³-hybridized carbons (Fsp3) is 0.290. The van der Waals surface area contributed by atoms with Crippen molar-refractivity contribution in [3.05, 3.63) is 107 Å². The average molecular weight is 544 g/mol. The molecule has 0 aliphatic carbocycles. The minimum Gasteiger partial charge on any atom is -0.392 e. The summed E-state index contributed by atoms with van der Waals surface area (Å²) in [5.41, 5.74) is 6.09. The molecular weight excluding hydrogens is 510 g/mol. The molecule has 0 saturated carbocycles. The summed E-state index contributed by atoms with van der Waals surface area (Å²) in [4.78, 5) is 15.9. The van der Waals surface area contributed by atoms with Gasteiger partial charge in [0.05, 0.1) is 18.8 Å². The van der Waals surface area contributed by atoms with Crippen LogP contribution in [0, 0.1) is 0 Å². The number of aryl methyl sites for hydroxylation is 1. The maximum Gasteiger partial charge on any atom is 0.217 e. The molecule has 1 aliphatic heterocycles. The Kier molecular flexibility index (Phi) is 8.78. The lowest BCUT2D eigenvalue weighted by Gasteiger charge is -2.36. The number of rotatable bonds is 9. The Balaban J connectivity index is 1.36. The van der Waals surface area contributed by atoms with Crippen LogP contribution in [0.15, 0.2) is 90.3 Å². The van der Waals surface area contributed by atoms with Crippen molar-refractivity contribution in [2.24, 2.45) is 7.05 Å². The number of nitrogens with one attached hydrogen (secondary N) is 1. The molecule has 8 heteroatoms. The highest BCUT2D eigenvalue weighted by Gasteiger charge is 2.32. The predicted octanol–water partition coefficient (Wildman–Crippen LogP) is 5.55. The van der Waals surface area contributed by atoms with Crippen molar-refractivity contribution in [1.29, 1.82) is 0 Å². The summed E-state index contributed by atoms with van der Waals surface area (Å²) < 4.78 is 15.0. The number of aromatic nitrogens is 2. The Morgan fingerprint density at radius 3 is 2.49 bits per heavy atom. The smallest absolute Gasteiger partial charge is 0.217 e. The van der Waals surface area contributed by atoms with Crippen LogP contribution in [-0.2, 0) is 34.5 Å². The summed E-state index contributed by atoms with van der Waals surface area (Å²) >= 11 is 1.68. The SMILES string of the molecule is CC(=O)NCc1ccccc1-c1ccc(C2OC(CSc3nccn3C)CC(c3ccc(CO)cc3)O2)cc1. The first-order valence-electron chi connectivity index (χ1n) is 13.0. The lowest BCUT2D eigenvalue weighted by Crippen LogP contribution is -2.31. The molecule has 3 unspecified atom stereocenters. The van der Waals surface area contributed by atoms with E-state index in [4.69, 9.17) is 9.47 Å². The van der Waals surface area contributed by atoms with E-state index in [1.165, 1.54) is 6.92 Å². The van der Waals surface area contributed by atoms with Gasteiger partial charge in [-0.25, -0.2) is 4.98 Å². The number of benzene rings is 3. The standard InChI is InChI=1S/C31H33N3O4S/c1-21(36)33-18-26-5-3-4-6-28(26)23-11-13-25(14-12-23)30-37-27(20-39-31-32-15-16-34(31)2)17-29(38-30)24-9-7-22(19-35)8-10-24/h3-16,27,29-30,35H,17-20H2,1-2H3,(H,33,36). The van der Waals surface area contributed by atoms with Gasteiger partial charge in [0.25, 0.3) is 0 Å². The molecule has 3 aromatic carbocycles. The quantitative estimate of drug-likeness (QED) is 0.269. The molecule has 1 amide bonds. The summed E-state index contributed by atoms with van der Waals surface area (Å²) in [5.74, 6) is 0.702. The topological polar surface area (TPSA) is 85.6 Å². The van der Waals surface area contributed by atoms with Crippen molar-refractivity contribution in [2.75, 3.05) is 5.75 Å². The minimum atomic E-state index is -0.517. The number of ether oxygens (including phenoxy) is 2. The summed E-state index contributed by atoms with van der Waals surface area (Å²) in [5, 5.41) is 13.3. The number of imidazole rings is 1. The largest absolute Gasteiger partial charge is 0.392 e. The van der Waals surface area contributed by atoms with E-state index in [-0.39, 0.29) is 24.7 Å². The average Bonchev–Trinajstić information content (AvgIpc) is 3.39. The van der Waals surface area contributed by atoms with Crippen molar-refractivity contribution in [3.8, 4) is 11.1 Å². The number of aliphatic hydroxyl groups is 1. The molecule has 39 heavy (non-hydrogen) atoms. The zero-order chi connectivity index (χ0) is 27.2. The van der Waals surface area contributed by atoms with Crippen LogP contribution in [0.5, 0.6) is 0 Å². The highest BCUT2D eigenvalue weighted by Crippen LogP contribution is 2.39. The van der Waals surface area contributed by atoms with Gasteiger partial charge in [-0.15, -0.1) is 0 Å². The lowest BCUT2D eigenvalue weighted by molar-refractivity contribution is -0.245. The second kappa shape index (κ2) is 12.6. The van der Waals surface area contributed by atoms with Gasteiger partial charge in [-0.1, -0.05) is 84.6 Å². The maximum absolute atomic E-state index is 11.4. The number of hydrogen-bond acceptors (Lipinski definition) is 6. The molecule has 1 fully saturated rings. The van der Waals surface area contributed by atoms with E-state index in [0.29, 0.717) is 6.54 Å². The van der Waals surface area contributed by atoms with Crippen molar-refractivity contribution >= 4 is 17.7 Å². The first-order valence-corrected chi connectivity index (χ1v) is 14.0. The Morgan fingerprint density at radius 2 is 1.79 bits per heavy atom. The molecule has 0 spiro atoms. The second-order valence-corrected chi connectivity index (χ2v) is 10.7. The maximum atomic E-state index is 11.4. The summed E-state index contributed by atoms with van der Waals surface area (Å²) in [7, 11) is 1.99. The van der Waals surface area contributed by atoms with E-state index in [1.54, 1.807) is 18.0 Å². The number of nitrogens with zero attached hydrogens (tertiary/aromatic N) is 2. The van der Waals surface area contributed by atoms with Crippen LogP contribution < -0.4 is 5.32 Å². The highest BCUT2D eigenvalue weighted by molar-refractivity contribution is 7.99. The van der Waals surface area contributed by atoms with Gasteiger partial charge >= 0.3 is 0 Å². The van der Waals surface area contributed by atoms with Crippen LogP contribution in [0.4, 0.5) is 0 Å². The van der Waals surface area contributed by atoms with Gasteiger partial charge in [0, 0.05) is 50.6 Å². The Hall–Kier alpha value is -3.43. The molecule has 202 valence electrons. The van der Waals surface area contributed by atoms with E-state index < -0.39 is 6.29 Å². The summed E-state index contributed by atoms with van der Waals surface area (Å²) in [6.45, 7) is 2.02. The highest BCUT2D eigenvalue weighted by atomic mass is 32.2. The van der Waals surface area contributed by atoms with E-state index in [2.05, 4.69) is 40.6 Å². The van der Waals surface area contributed by atoms with Crippen LogP contribution >= 0.6 is 11.8 Å². The normalized spacial score (nSPS) is 19.1. The number of carbonyl (C=O) groups is 1. The van der Waals surface area contributed by atoms with Crippen LogP contribution in [-0.4, -0.2) is 32.4 Å². The van der Waals surface area contributed by atoms with E-state index in [0.717, 1.165) is 50.7 Å². The number of aliphatic hydroxyl groups excluding tert-OH is 1. The molecule has 1 saturated heterocycles. The van der Waals surface area contributed by atoms with Crippen LogP contribution in [0.2, 0.25) is 0 Å². The van der Waals surface area contributed by atoms with Crippen molar-refractivity contribution in [1.82, 2.24) is 14.9 Å². The van der Waals surface area contributed by atoms with E-state index in [1.807, 2.05) is 60.3 Å². The molecule has 1 aliphatic rings. The van der Waals surface area contributed by atoms with Gasteiger partial charge in [0.2, 0.25) is 5.91 Å². The first kappa shape index (κ1) is 27.1.